The topological polar surface area (TPSA) is 55.4 Å². The summed E-state index contributed by atoms with van der Waals surface area (Å²) >= 11 is 5.74. The van der Waals surface area contributed by atoms with Crippen LogP contribution in [0.2, 0.25) is 5.02 Å². The highest BCUT2D eigenvalue weighted by atomic mass is 35.5. The molecule has 0 aliphatic carbocycles. The van der Waals surface area contributed by atoms with Gasteiger partial charge in [0.1, 0.15) is 0 Å². The first-order chi connectivity index (χ1) is 10.5. The molecule has 0 aliphatic heterocycles. The second kappa shape index (κ2) is 7.74. The second-order valence-corrected chi connectivity index (χ2v) is 7.09. The molecule has 0 aromatic heterocycles. The number of sulfonamides is 1. The van der Waals surface area contributed by atoms with E-state index in [0.717, 1.165) is 5.56 Å². The lowest BCUT2D eigenvalue weighted by atomic mass is 10.2. The van der Waals surface area contributed by atoms with Crippen LogP contribution >= 0.6 is 11.6 Å². The first kappa shape index (κ1) is 17.0. The van der Waals surface area contributed by atoms with Gasteiger partial charge in [0.2, 0.25) is 10.0 Å². The second-order valence-electron chi connectivity index (χ2n) is 4.89. The van der Waals surface area contributed by atoms with Crippen molar-refractivity contribution in [2.45, 2.75) is 18.4 Å². The smallest absolute Gasteiger partial charge is 0.240 e. The third-order valence-electron chi connectivity index (χ3n) is 3.05. The fraction of sp³-hybridized carbons (Fsp3) is 0.250. The van der Waals surface area contributed by atoms with Gasteiger partial charge in [-0.2, -0.15) is 0 Å². The van der Waals surface area contributed by atoms with Crippen LogP contribution in [0.1, 0.15) is 11.1 Å². The summed E-state index contributed by atoms with van der Waals surface area (Å²) in [6.07, 6.45) is 0. The van der Waals surface area contributed by atoms with E-state index < -0.39 is 10.0 Å². The van der Waals surface area contributed by atoms with Gasteiger partial charge >= 0.3 is 0 Å². The summed E-state index contributed by atoms with van der Waals surface area (Å²) in [5, 5.41) is 0.500. The minimum Gasteiger partial charge on any atom is -0.375 e. The first-order valence-electron chi connectivity index (χ1n) is 6.86. The SMILES string of the molecule is Cc1ccc(COCCNS(=O)(=O)c2ccc(Cl)cc2)cc1. The van der Waals surface area contributed by atoms with E-state index in [0.29, 0.717) is 18.2 Å². The van der Waals surface area contributed by atoms with Crippen molar-refractivity contribution in [1.29, 1.82) is 0 Å². The summed E-state index contributed by atoms with van der Waals surface area (Å²) in [7, 11) is -3.52. The zero-order valence-electron chi connectivity index (χ0n) is 12.3. The van der Waals surface area contributed by atoms with Crippen LogP contribution in [0.3, 0.4) is 0 Å². The maximum Gasteiger partial charge on any atom is 0.240 e. The van der Waals surface area contributed by atoms with Gasteiger partial charge in [0.15, 0.2) is 0 Å². The number of hydrogen-bond acceptors (Lipinski definition) is 3. The Morgan fingerprint density at radius 3 is 2.32 bits per heavy atom. The van der Waals surface area contributed by atoms with Crippen LogP contribution in [0, 0.1) is 6.92 Å². The predicted octanol–water partition coefficient (Wildman–Crippen LogP) is 3.14. The van der Waals surface area contributed by atoms with Gasteiger partial charge in [-0.15, -0.1) is 0 Å². The van der Waals surface area contributed by atoms with E-state index in [-0.39, 0.29) is 11.4 Å². The number of hydrogen-bond donors (Lipinski definition) is 1. The van der Waals surface area contributed by atoms with Gasteiger partial charge in [-0.1, -0.05) is 41.4 Å². The largest absolute Gasteiger partial charge is 0.375 e. The van der Waals surface area contributed by atoms with Crippen molar-refractivity contribution in [2.75, 3.05) is 13.2 Å². The molecule has 1 N–H and O–H groups in total. The molecule has 0 saturated carbocycles. The van der Waals surface area contributed by atoms with Crippen molar-refractivity contribution in [1.82, 2.24) is 4.72 Å². The molecule has 2 rings (SSSR count). The molecule has 0 aliphatic rings. The maximum atomic E-state index is 12.0. The molecule has 118 valence electrons. The Kier molecular flexibility index (Phi) is 5.97. The molecule has 2 aromatic rings. The van der Waals surface area contributed by atoms with Crippen LogP contribution in [-0.2, 0) is 21.4 Å². The van der Waals surface area contributed by atoms with Gasteiger partial charge in [0, 0.05) is 11.6 Å². The van der Waals surface area contributed by atoms with Gasteiger partial charge in [-0.05, 0) is 36.8 Å². The van der Waals surface area contributed by atoms with Gasteiger partial charge in [0.25, 0.3) is 0 Å². The van der Waals surface area contributed by atoms with Crippen LogP contribution < -0.4 is 4.72 Å². The fourth-order valence-electron chi connectivity index (χ4n) is 1.82. The van der Waals surface area contributed by atoms with Crippen LogP contribution in [0.5, 0.6) is 0 Å². The molecule has 0 amide bonds. The summed E-state index contributed by atoms with van der Waals surface area (Å²) < 4.78 is 32.0. The quantitative estimate of drug-likeness (QED) is 0.788. The van der Waals surface area contributed by atoms with E-state index >= 15 is 0 Å². The highest BCUT2D eigenvalue weighted by molar-refractivity contribution is 7.89. The minimum atomic E-state index is -3.52. The van der Waals surface area contributed by atoms with Crippen molar-refractivity contribution in [3.05, 3.63) is 64.7 Å². The molecule has 0 atom stereocenters. The Hall–Kier alpha value is -1.40. The Labute approximate surface area is 136 Å². The Morgan fingerprint density at radius 1 is 1.05 bits per heavy atom. The molecule has 22 heavy (non-hydrogen) atoms. The Balaban J connectivity index is 1.76. The van der Waals surface area contributed by atoms with Crippen LogP contribution in [0.15, 0.2) is 53.4 Å². The van der Waals surface area contributed by atoms with Gasteiger partial charge in [-0.25, -0.2) is 13.1 Å². The van der Waals surface area contributed by atoms with E-state index in [4.69, 9.17) is 16.3 Å². The average Bonchev–Trinajstić information content (AvgIpc) is 2.49. The van der Waals surface area contributed by atoms with Crippen molar-refractivity contribution in [2.24, 2.45) is 0 Å². The molecule has 0 radical (unpaired) electrons. The van der Waals surface area contributed by atoms with E-state index in [2.05, 4.69) is 4.72 Å². The molecule has 6 heteroatoms. The molecule has 4 nitrogen and oxygen atoms in total. The Bertz CT molecular complexity index is 697. The summed E-state index contributed by atoms with van der Waals surface area (Å²) in [6.45, 7) is 3.01. The molecule has 0 bridgehead atoms. The van der Waals surface area contributed by atoms with E-state index in [9.17, 15) is 8.42 Å². The third kappa shape index (κ3) is 5.10. The lowest BCUT2D eigenvalue weighted by Gasteiger charge is -2.08. The van der Waals surface area contributed by atoms with Crippen LogP contribution in [-0.4, -0.2) is 21.6 Å². The number of benzene rings is 2. The summed E-state index contributed by atoms with van der Waals surface area (Å²) in [5.41, 5.74) is 2.26. The molecule has 0 saturated heterocycles. The molecule has 2 aromatic carbocycles. The van der Waals surface area contributed by atoms with Gasteiger partial charge in [-0.3, -0.25) is 0 Å². The van der Waals surface area contributed by atoms with Gasteiger partial charge in [0.05, 0.1) is 18.1 Å². The zero-order valence-corrected chi connectivity index (χ0v) is 13.8. The summed E-state index contributed by atoms with van der Waals surface area (Å²) in [5.74, 6) is 0. The highest BCUT2D eigenvalue weighted by Crippen LogP contribution is 2.13. The molecule has 0 fully saturated rings. The molecule has 0 spiro atoms. The lowest BCUT2D eigenvalue weighted by molar-refractivity contribution is 0.126. The number of rotatable bonds is 7. The molecular formula is C16H18ClNO3S. The minimum absolute atomic E-state index is 0.190. The van der Waals surface area contributed by atoms with Crippen molar-refractivity contribution < 1.29 is 13.2 Å². The maximum absolute atomic E-state index is 12.0. The predicted molar refractivity (Wildman–Crippen MR) is 87.5 cm³/mol. The summed E-state index contributed by atoms with van der Waals surface area (Å²) in [6, 6.07) is 14.0. The number of aryl methyl sites for hydroxylation is 1. The van der Waals surface area contributed by atoms with Crippen molar-refractivity contribution in [3.63, 3.8) is 0 Å². The van der Waals surface area contributed by atoms with E-state index in [1.807, 2.05) is 31.2 Å². The average molecular weight is 340 g/mol. The normalized spacial score (nSPS) is 11.5. The van der Waals surface area contributed by atoms with E-state index in [1.54, 1.807) is 12.1 Å². The fourth-order valence-corrected chi connectivity index (χ4v) is 2.96. The molecule has 0 heterocycles. The number of halogens is 1. The standard InChI is InChI=1S/C16H18ClNO3S/c1-13-2-4-14(5-3-13)12-21-11-10-18-22(19,20)16-8-6-15(17)7-9-16/h2-9,18H,10-12H2,1H3. The van der Waals surface area contributed by atoms with E-state index in [1.165, 1.54) is 17.7 Å². The monoisotopic (exact) mass is 339 g/mol. The first-order valence-corrected chi connectivity index (χ1v) is 8.72. The van der Waals surface area contributed by atoms with Crippen LogP contribution in [0.4, 0.5) is 0 Å². The van der Waals surface area contributed by atoms with Crippen molar-refractivity contribution in [3.8, 4) is 0 Å². The lowest BCUT2D eigenvalue weighted by Crippen LogP contribution is -2.27. The number of nitrogens with one attached hydrogen (secondary N) is 1. The Morgan fingerprint density at radius 2 is 1.68 bits per heavy atom. The molecular weight excluding hydrogens is 322 g/mol. The van der Waals surface area contributed by atoms with Gasteiger partial charge < -0.3 is 4.74 Å². The van der Waals surface area contributed by atoms with Crippen LogP contribution in [0.25, 0.3) is 0 Å². The third-order valence-corrected chi connectivity index (χ3v) is 4.78. The highest BCUT2D eigenvalue weighted by Gasteiger charge is 2.12. The van der Waals surface area contributed by atoms with Crippen molar-refractivity contribution >= 4 is 21.6 Å². The summed E-state index contributed by atoms with van der Waals surface area (Å²) in [4.78, 5) is 0.190. The zero-order chi connectivity index (χ0) is 16.0. The molecule has 0 unspecified atom stereocenters. The number of ether oxygens (including phenoxy) is 1.